The van der Waals surface area contributed by atoms with Crippen LogP contribution in [0.5, 0.6) is 0 Å². The van der Waals surface area contributed by atoms with E-state index in [0.29, 0.717) is 5.88 Å². The van der Waals surface area contributed by atoms with Crippen LogP contribution in [0.4, 0.5) is 0 Å². The molecule has 2 aromatic rings. The number of aryl methyl sites for hydroxylation is 2. The van der Waals surface area contributed by atoms with E-state index in [0.717, 1.165) is 24.8 Å². The van der Waals surface area contributed by atoms with E-state index in [1.54, 1.807) is 0 Å². The third-order valence-corrected chi connectivity index (χ3v) is 4.00. The molecule has 2 heteroatoms. The Labute approximate surface area is 107 Å². The molecule has 0 atom stereocenters. The number of halogens is 1. The molecular formula is C15H16ClN. The van der Waals surface area contributed by atoms with Gasteiger partial charge < -0.3 is 0 Å². The fourth-order valence-electron chi connectivity index (χ4n) is 2.78. The zero-order valence-corrected chi connectivity index (χ0v) is 10.8. The third kappa shape index (κ3) is 1.73. The maximum Gasteiger partial charge on any atom is 0.0708 e. The fraction of sp³-hybridized carbons (Fsp3) is 0.400. The van der Waals surface area contributed by atoms with Gasteiger partial charge in [0.2, 0.25) is 0 Å². The monoisotopic (exact) mass is 245 g/mol. The molecule has 0 spiro atoms. The molecule has 1 aromatic carbocycles. The van der Waals surface area contributed by atoms with E-state index in [1.807, 2.05) is 0 Å². The highest BCUT2D eigenvalue weighted by Gasteiger charge is 2.18. The van der Waals surface area contributed by atoms with Gasteiger partial charge in [-0.2, -0.15) is 0 Å². The zero-order valence-electron chi connectivity index (χ0n) is 10.1. The number of nitrogens with zero attached hydrogens (tertiary/aromatic N) is 1. The van der Waals surface area contributed by atoms with E-state index in [1.165, 1.54) is 34.2 Å². The van der Waals surface area contributed by atoms with Gasteiger partial charge in [0, 0.05) is 17.0 Å². The molecule has 0 N–H and O–H groups in total. The van der Waals surface area contributed by atoms with Gasteiger partial charge in [-0.1, -0.05) is 13.0 Å². The molecule has 1 heterocycles. The first-order chi connectivity index (χ1) is 8.33. The first kappa shape index (κ1) is 11.0. The SMILES string of the molecule is CCc1ccc2nc3c(c(CCl)c2c1)CCC3. The van der Waals surface area contributed by atoms with Gasteiger partial charge in [0.25, 0.3) is 0 Å². The maximum atomic E-state index is 6.16. The molecule has 0 aliphatic heterocycles. The van der Waals surface area contributed by atoms with Crippen LogP contribution >= 0.6 is 11.6 Å². The Hall–Kier alpha value is -1.08. The molecule has 3 rings (SSSR count). The summed E-state index contributed by atoms with van der Waals surface area (Å²) in [5.41, 5.74) is 6.49. The minimum absolute atomic E-state index is 0.606. The number of pyridine rings is 1. The molecule has 0 saturated heterocycles. The van der Waals surface area contributed by atoms with Crippen LogP contribution in [0.3, 0.4) is 0 Å². The van der Waals surface area contributed by atoms with Crippen molar-refractivity contribution in [2.45, 2.75) is 38.5 Å². The Morgan fingerprint density at radius 3 is 2.94 bits per heavy atom. The lowest BCUT2D eigenvalue weighted by atomic mass is 10.0. The third-order valence-electron chi connectivity index (χ3n) is 3.74. The van der Waals surface area contributed by atoms with Gasteiger partial charge in [-0.05, 0) is 54.5 Å². The van der Waals surface area contributed by atoms with Crippen LogP contribution in [0.15, 0.2) is 18.2 Å². The van der Waals surface area contributed by atoms with E-state index in [-0.39, 0.29) is 0 Å². The average Bonchev–Trinajstić information content (AvgIpc) is 2.82. The van der Waals surface area contributed by atoms with E-state index in [2.05, 4.69) is 25.1 Å². The fourth-order valence-corrected chi connectivity index (χ4v) is 3.08. The minimum Gasteiger partial charge on any atom is -0.253 e. The Balaban J connectivity index is 2.33. The highest BCUT2D eigenvalue weighted by atomic mass is 35.5. The van der Waals surface area contributed by atoms with Crippen molar-refractivity contribution in [3.05, 3.63) is 40.6 Å². The van der Waals surface area contributed by atoms with Crippen LogP contribution < -0.4 is 0 Å². The summed E-state index contributed by atoms with van der Waals surface area (Å²) in [4.78, 5) is 4.78. The Bertz CT molecular complexity index is 575. The Morgan fingerprint density at radius 2 is 2.18 bits per heavy atom. The van der Waals surface area contributed by atoms with Gasteiger partial charge in [0.15, 0.2) is 0 Å². The van der Waals surface area contributed by atoms with Gasteiger partial charge in [-0.3, -0.25) is 4.98 Å². The molecule has 0 unspecified atom stereocenters. The molecule has 0 fully saturated rings. The minimum atomic E-state index is 0.606. The molecule has 1 aliphatic carbocycles. The second-order valence-electron chi connectivity index (χ2n) is 4.71. The van der Waals surface area contributed by atoms with Gasteiger partial charge in [-0.25, -0.2) is 0 Å². The van der Waals surface area contributed by atoms with Gasteiger partial charge >= 0.3 is 0 Å². The van der Waals surface area contributed by atoms with Crippen LogP contribution in [0.2, 0.25) is 0 Å². The molecule has 1 aromatic heterocycles. The van der Waals surface area contributed by atoms with Crippen molar-refractivity contribution in [3.8, 4) is 0 Å². The normalized spacial score (nSPS) is 14.2. The molecule has 17 heavy (non-hydrogen) atoms. The highest BCUT2D eigenvalue weighted by Crippen LogP contribution is 2.31. The largest absolute Gasteiger partial charge is 0.253 e. The quantitative estimate of drug-likeness (QED) is 0.728. The van der Waals surface area contributed by atoms with Gasteiger partial charge in [0.1, 0.15) is 0 Å². The predicted molar refractivity (Wildman–Crippen MR) is 72.7 cm³/mol. The summed E-state index contributed by atoms with van der Waals surface area (Å²) in [5, 5.41) is 1.26. The number of rotatable bonds is 2. The van der Waals surface area contributed by atoms with Crippen molar-refractivity contribution in [2.75, 3.05) is 0 Å². The first-order valence-electron chi connectivity index (χ1n) is 6.32. The Morgan fingerprint density at radius 1 is 1.29 bits per heavy atom. The summed E-state index contributed by atoms with van der Waals surface area (Å²) in [7, 11) is 0. The van der Waals surface area contributed by atoms with Crippen molar-refractivity contribution in [3.63, 3.8) is 0 Å². The summed E-state index contributed by atoms with van der Waals surface area (Å²) < 4.78 is 0. The second kappa shape index (κ2) is 4.30. The number of fused-ring (bicyclic) bond motifs is 2. The topological polar surface area (TPSA) is 12.9 Å². The van der Waals surface area contributed by atoms with Gasteiger partial charge in [-0.15, -0.1) is 11.6 Å². The lowest BCUT2D eigenvalue weighted by Gasteiger charge is -2.11. The van der Waals surface area contributed by atoms with Crippen LogP contribution in [-0.4, -0.2) is 4.98 Å². The first-order valence-corrected chi connectivity index (χ1v) is 6.86. The molecule has 1 nitrogen and oxygen atoms in total. The zero-order chi connectivity index (χ0) is 11.8. The van der Waals surface area contributed by atoms with Crippen molar-refractivity contribution in [1.29, 1.82) is 0 Å². The van der Waals surface area contributed by atoms with Crippen molar-refractivity contribution >= 4 is 22.5 Å². The number of hydrogen-bond donors (Lipinski definition) is 0. The van der Waals surface area contributed by atoms with Crippen LogP contribution in [0.1, 0.15) is 35.7 Å². The van der Waals surface area contributed by atoms with E-state index in [9.17, 15) is 0 Å². The highest BCUT2D eigenvalue weighted by molar-refractivity contribution is 6.18. The van der Waals surface area contributed by atoms with Gasteiger partial charge in [0.05, 0.1) is 5.52 Å². The second-order valence-corrected chi connectivity index (χ2v) is 4.98. The summed E-state index contributed by atoms with van der Waals surface area (Å²) in [6, 6.07) is 6.58. The molecule has 0 radical (unpaired) electrons. The predicted octanol–water partition coefficient (Wildman–Crippen LogP) is 4.02. The number of hydrogen-bond acceptors (Lipinski definition) is 1. The smallest absolute Gasteiger partial charge is 0.0708 e. The maximum absolute atomic E-state index is 6.16. The van der Waals surface area contributed by atoms with E-state index < -0.39 is 0 Å². The number of benzene rings is 1. The average molecular weight is 246 g/mol. The number of aromatic nitrogens is 1. The van der Waals surface area contributed by atoms with Crippen molar-refractivity contribution < 1.29 is 0 Å². The summed E-state index contributed by atoms with van der Waals surface area (Å²) >= 11 is 6.16. The number of alkyl halides is 1. The summed E-state index contributed by atoms with van der Waals surface area (Å²) in [6.07, 6.45) is 4.55. The lowest BCUT2D eigenvalue weighted by Crippen LogP contribution is -1.97. The molecular weight excluding hydrogens is 230 g/mol. The molecule has 88 valence electrons. The molecule has 0 saturated carbocycles. The molecule has 0 bridgehead atoms. The molecule has 0 amide bonds. The van der Waals surface area contributed by atoms with Crippen LogP contribution in [0, 0.1) is 0 Å². The van der Waals surface area contributed by atoms with Crippen molar-refractivity contribution in [1.82, 2.24) is 4.98 Å². The standard InChI is InChI=1S/C15H16ClN/c1-2-10-6-7-15-12(8-10)13(9-16)11-4-3-5-14(11)17-15/h6-8H,2-5,9H2,1H3. The molecule has 1 aliphatic rings. The van der Waals surface area contributed by atoms with Crippen LogP contribution in [0.25, 0.3) is 10.9 Å². The van der Waals surface area contributed by atoms with E-state index >= 15 is 0 Å². The van der Waals surface area contributed by atoms with E-state index in [4.69, 9.17) is 16.6 Å². The van der Waals surface area contributed by atoms with Crippen molar-refractivity contribution in [2.24, 2.45) is 0 Å². The summed E-state index contributed by atoms with van der Waals surface area (Å²) in [5.74, 6) is 0.606. The summed E-state index contributed by atoms with van der Waals surface area (Å²) in [6.45, 7) is 2.18. The Kier molecular flexibility index (Phi) is 2.79. The lowest BCUT2D eigenvalue weighted by molar-refractivity contribution is 0.899. The van der Waals surface area contributed by atoms with Crippen LogP contribution in [-0.2, 0) is 25.1 Å².